The van der Waals surface area contributed by atoms with Crippen molar-refractivity contribution < 1.29 is 14.6 Å². The zero-order valence-electron chi connectivity index (χ0n) is 9.74. The summed E-state index contributed by atoms with van der Waals surface area (Å²) in [6.45, 7) is 3.34. The molecule has 90 valence electrons. The molecule has 4 nitrogen and oxygen atoms in total. The second kappa shape index (κ2) is 10.1. The van der Waals surface area contributed by atoms with Gasteiger partial charge in [-0.25, -0.2) is 0 Å². The summed E-state index contributed by atoms with van der Waals surface area (Å²) < 4.78 is 9.90. The first-order valence-electron chi connectivity index (χ1n) is 5.40. The molecule has 0 spiro atoms. The first kappa shape index (κ1) is 14.6. The topological polar surface area (TPSA) is 64.7 Å². The maximum atomic E-state index is 9.51. The van der Waals surface area contributed by atoms with Crippen molar-refractivity contribution in [1.82, 2.24) is 0 Å². The van der Waals surface area contributed by atoms with Gasteiger partial charge in [0, 0.05) is 20.3 Å². The largest absolute Gasteiger partial charge is 0.387 e. The van der Waals surface area contributed by atoms with Crippen molar-refractivity contribution in [1.29, 1.82) is 0 Å². The first-order chi connectivity index (χ1) is 7.26. The van der Waals surface area contributed by atoms with Crippen LogP contribution in [0, 0.1) is 0 Å². The van der Waals surface area contributed by atoms with Gasteiger partial charge in [-0.2, -0.15) is 0 Å². The summed E-state index contributed by atoms with van der Waals surface area (Å²) in [6, 6.07) is 0. The molecule has 0 aliphatic rings. The molecule has 0 amide bonds. The average molecular weight is 217 g/mol. The molecule has 0 fully saturated rings. The van der Waals surface area contributed by atoms with E-state index in [-0.39, 0.29) is 0 Å². The Labute approximate surface area is 92.1 Å². The van der Waals surface area contributed by atoms with Crippen LogP contribution in [0.5, 0.6) is 0 Å². The fourth-order valence-electron chi connectivity index (χ4n) is 1.28. The van der Waals surface area contributed by atoms with E-state index in [0.29, 0.717) is 19.9 Å². The summed E-state index contributed by atoms with van der Waals surface area (Å²) >= 11 is 0. The summed E-state index contributed by atoms with van der Waals surface area (Å²) in [5.74, 6) is 0. The van der Waals surface area contributed by atoms with Crippen LogP contribution in [-0.4, -0.2) is 38.3 Å². The molecule has 15 heavy (non-hydrogen) atoms. The van der Waals surface area contributed by atoms with Gasteiger partial charge in [0.05, 0.1) is 6.10 Å². The highest BCUT2D eigenvalue weighted by atomic mass is 16.7. The molecule has 0 bridgehead atoms. The van der Waals surface area contributed by atoms with E-state index in [4.69, 9.17) is 15.2 Å². The van der Waals surface area contributed by atoms with E-state index < -0.39 is 6.10 Å². The lowest BCUT2D eigenvalue weighted by molar-refractivity contribution is -0.0308. The molecule has 4 heteroatoms. The molecule has 3 N–H and O–H groups in total. The Bertz CT molecular complexity index is 171. The first-order valence-corrected chi connectivity index (χ1v) is 5.40. The summed E-state index contributed by atoms with van der Waals surface area (Å²) in [5, 5.41) is 9.51. The number of ether oxygens (including phenoxy) is 2. The van der Waals surface area contributed by atoms with Crippen LogP contribution in [0.25, 0.3) is 0 Å². The Kier molecular flexibility index (Phi) is 9.83. The van der Waals surface area contributed by atoms with E-state index in [1.54, 1.807) is 7.11 Å². The number of allylic oxidation sites excluding steroid dienone is 1. The molecule has 0 aliphatic heterocycles. The second-order valence-corrected chi connectivity index (χ2v) is 3.34. The van der Waals surface area contributed by atoms with Crippen LogP contribution in [0.3, 0.4) is 0 Å². The Morgan fingerprint density at radius 1 is 1.53 bits per heavy atom. The van der Waals surface area contributed by atoms with E-state index in [2.05, 4.69) is 0 Å². The SMILES string of the molecule is CCC(=CCCCOCOC)C(O)CN. The van der Waals surface area contributed by atoms with Crippen molar-refractivity contribution in [3.8, 4) is 0 Å². The van der Waals surface area contributed by atoms with Gasteiger partial charge in [0.2, 0.25) is 0 Å². The van der Waals surface area contributed by atoms with Crippen LogP contribution in [-0.2, 0) is 9.47 Å². The van der Waals surface area contributed by atoms with Crippen molar-refractivity contribution in [2.75, 3.05) is 27.1 Å². The molecule has 0 saturated heterocycles. The van der Waals surface area contributed by atoms with Crippen LogP contribution in [0.2, 0.25) is 0 Å². The Hall–Kier alpha value is -0.420. The molecule has 0 rings (SSSR count). The van der Waals surface area contributed by atoms with E-state index >= 15 is 0 Å². The third-order valence-electron chi connectivity index (χ3n) is 2.16. The third-order valence-corrected chi connectivity index (χ3v) is 2.16. The number of methoxy groups -OCH3 is 1. The van der Waals surface area contributed by atoms with Gasteiger partial charge in [-0.1, -0.05) is 13.0 Å². The van der Waals surface area contributed by atoms with Crippen LogP contribution < -0.4 is 5.73 Å². The summed E-state index contributed by atoms with van der Waals surface area (Å²) in [6.07, 6.45) is 4.24. The normalized spacial score (nSPS) is 14.3. The van der Waals surface area contributed by atoms with Gasteiger partial charge < -0.3 is 20.3 Å². The average Bonchev–Trinajstić information content (AvgIpc) is 2.27. The molecule has 0 radical (unpaired) electrons. The van der Waals surface area contributed by atoms with Crippen molar-refractivity contribution in [3.05, 3.63) is 11.6 Å². The predicted molar refractivity (Wildman–Crippen MR) is 60.5 cm³/mol. The maximum absolute atomic E-state index is 9.51. The van der Waals surface area contributed by atoms with Crippen molar-refractivity contribution >= 4 is 0 Å². The molecular formula is C11H23NO3. The molecule has 0 aliphatic carbocycles. The van der Waals surface area contributed by atoms with Gasteiger partial charge >= 0.3 is 0 Å². The molecule has 0 aromatic rings. The number of unbranched alkanes of at least 4 members (excludes halogenated alkanes) is 1. The van der Waals surface area contributed by atoms with E-state index in [1.165, 1.54) is 0 Å². The van der Waals surface area contributed by atoms with Crippen molar-refractivity contribution in [3.63, 3.8) is 0 Å². The van der Waals surface area contributed by atoms with E-state index in [1.807, 2.05) is 13.0 Å². The molecule has 1 atom stereocenters. The highest BCUT2D eigenvalue weighted by Gasteiger charge is 2.05. The lowest BCUT2D eigenvalue weighted by atomic mass is 10.1. The Morgan fingerprint density at radius 2 is 2.27 bits per heavy atom. The molecule has 0 aromatic heterocycles. The zero-order chi connectivity index (χ0) is 11.5. The highest BCUT2D eigenvalue weighted by molar-refractivity contribution is 5.07. The second-order valence-electron chi connectivity index (χ2n) is 3.34. The van der Waals surface area contributed by atoms with Crippen LogP contribution in [0.4, 0.5) is 0 Å². The standard InChI is InChI=1S/C11H23NO3/c1-3-10(11(13)8-12)6-4-5-7-15-9-14-2/h6,11,13H,3-5,7-9,12H2,1-2H3. The predicted octanol–water partition coefficient (Wildman–Crippen LogP) is 1.04. The number of hydrogen-bond acceptors (Lipinski definition) is 4. The van der Waals surface area contributed by atoms with Crippen LogP contribution in [0.1, 0.15) is 26.2 Å². The van der Waals surface area contributed by atoms with Crippen molar-refractivity contribution in [2.24, 2.45) is 5.73 Å². The smallest absolute Gasteiger partial charge is 0.146 e. The van der Waals surface area contributed by atoms with Gasteiger partial charge in [0.25, 0.3) is 0 Å². The van der Waals surface area contributed by atoms with Crippen molar-refractivity contribution in [2.45, 2.75) is 32.3 Å². The summed E-state index contributed by atoms with van der Waals surface area (Å²) in [7, 11) is 1.60. The number of hydrogen-bond donors (Lipinski definition) is 2. The van der Waals surface area contributed by atoms with E-state index in [0.717, 1.165) is 24.8 Å². The molecule has 1 unspecified atom stereocenters. The maximum Gasteiger partial charge on any atom is 0.146 e. The molecular weight excluding hydrogens is 194 g/mol. The number of nitrogens with two attached hydrogens (primary N) is 1. The minimum absolute atomic E-state index is 0.292. The summed E-state index contributed by atoms with van der Waals surface area (Å²) in [4.78, 5) is 0. The Balaban J connectivity index is 3.62. The number of rotatable bonds is 9. The van der Waals surface area contributed by atoms with Gasteiger partial charge in [-0.3, -0.25) is 0 Å². The lowest BCUT2D eigenvalue weighted by Crippen LogP contribution is -2.21. The van der Waals surface area contributed by atoms with Gasteiger partial charge in [-0.15, -0.1) is 0 Å². The fourth-order valence-corrected chi connectivity index (χ4v) is 1.28. The van der Waals surface area contributed by atoms with Crippen LogP contribution in [0.15, 0.2) is 11.6 Å². The number of aliphatic hydroxyl groups excluding tert-OH is 1. The minimum atomic E-state index is -0.491. The molecule has 0 saturated carbocycles. The van der Waals surface area contributed by atoms with Gasteiger partial charge in [0.15, 0.2) is 0 Å². The third kappa shape index (κ3) is 7.50. The van der Waals surface area contributed by atoms with Gasteiger partial charge in [0.1, 0.15) is 6.79 Å². The molecule has 0 heterocycles. The van der Waals surface area contributed by atoms with E-state index in [9.17, 15) is 5.11 Å². The van der Waals surface area contributed by atoms with Gasteiger partial charge in [-0.05, 0) is 24.8 Å². The quantitative estimate of drug-likeness (QED) is 0.344. The number of aliphatic hydroxyl groups is 1. The highest BCUT2D eigenvalue weighted by Crippen LogP contribution is 2.08. The molecule has 0 aromatic carbocycles. The monoisotopic (exact) mass is 217 g/mol. The van der Waals surface area contributed by atoms with Crippen LogP contribution >= 0.6 is 0 Å². The Morgan fingerprint density at radius 3 is 2.80 bits per heavy atom. The lowest BCUT2D eigenvalue weighted by Gasteiger charge is -2.10. The summed E-state index contributed by atoms with van der Waals surface area (Å²) in [5.41, 5.74) is 6.40. The minimum Gasteiger partial charge on any atom is -0.387 e. The fraction of sp³-hybridized carbons (Fsp3) is 0.818. The zero-order valence-corrected chi connectivity index (χ0v) is 9.74.